The SMILES string of the molecule is CC(C)=CCC/C(C)=C(/CCl)[Si](C)(C)C. The van der Waals surface area contributed by atoms with E-state index in [4.69, 9.17) is 11.6 Å². The fourth-order valence-electron chi connectivity index (χ4n) is 1.68. The summed E-state index contributed by atoms with van der Waals surface area (Å²) in [7, 11) is -1.20. The summed E-state index contributed by atoms with van der Waals surface area (Å²) in [5.74, 6) is 0.719. The summed E-state index contributed by atoms with van der Waals surface area (Å²) in [6.07, 6.45) is 4.62. The molecule has 88 valence electrons. The highest BCUT2D eigenvalue weighted by atomic mass is 35.5. The molecule has 0 aromatic carbocycles. The lowest BCUT2D eigenvalue weighted by Gasteiger charge is -2.22. The van der Waals surface area contributed by atoms with Crippen molar-refractivity contribution in [3.05, 3.63) is 22.4 Å². The first-order valence-electron chi connectivity index (χ1n) is 5.67. The second kappa shape index (κ2) is 6.54. The van der Waals surface area contributed by atoms with E-state index < -0.39 is 8.07 Å². The fraction of sp³-hybridized carbons (Fsp3) is 0.692. The first kappa shape index (κ1) is 15.0. The van der Waals surface area contributed by atoms with Crippen LogP contribution in [0.4, 0.5) is 0 Å². The maximum absolute atomic E-state index is 6.05. The van der Waals surface area contributed by atoms with Crippen LogP contribution in [0.25, 0.3) is 0 Å². The number of hydrogen-bond acceptors (Lipinski definition) is 0. The van der Waals surface area contributed by atoms with Crippen LogP contribution in [0.1, 0.15) is 33.6 Å². The van der Waals surface area contributed by atoms with Gasteiger partial charge in [0.25, 0.3) is 0 Å². The molecule has 0 saturated carbocycles. The summed E-state index contributed by atoms with van der Waals surface area (Å²) in [6.45, 7) is 13.7. The van der Waals surface area contributed by atoms with Gasteiger partial charge in [-0.3, -0.25) is 0 Å². The highest BCUT2D eigenvalue weighted by Gasteiger charge is 2.20. The van der Waals surface area contributed by atoms with Crippen LogP contribution in [-0.4, -0.2) is 14.0 Å². The molecule has 2 heteroatoms. The lowest BCUT2D eigenvalue weighted by atomic mass is 10.1. The monoisotopic (exact) mass is 244 g/mol. The molecule has 0 fully saturated rings. The number of alkyl halides is 1. The molecule has 0 aromatic heterocycles. The Morgan fingerprint density at radius 3 is 2.00 bits per heavy atom. The molecule has 0 amide bonds. The molecule has 0 aliphatic heterocycles. The number of hydrogen-bond donors (Lipinski definition) is 0. The quantitative estimate of drug-likeness (QED) is 0.356. The van der Waals surface area contributed by atoms with Gasteiger partial charge in [0.2, 0.25) is 0 Å². The molecule has 0 aromatic rings. The third kappa shape index (κ3) is 6.21. The summed E-state index contributed by atoms with van der Waals surface area (Å²) in [6, 6.07) is 0. The topological polar surface area (TPSA) is 0 Å². The van der Waals surface area contributed by atoms with Gasteiger partial charge in [-0.2, -0.15) is 0 Å². The third-order valence-electron chi connectivity index (χ3n) is 2.63. The van der Waals surface area contributed by atoms with Gasteiger partial charge in [0, 0.05) is 5.88 Å². The molecule has 0 nitrogen and oxygen atoms in total. The Balaban J connectivity index is 4.54. The predicted octanol–water partition coefficient (Wildman–Crippen LogP) is 5.17. The van der Waals surface area contributed by atoms with Gasteiger partial charge in [0.15, 0.2) is 0 Å². The standard InChI is InChI=1S/C13H25ClSi/c1-11(2)8-7-9-12(3)13(10-14)15(4,5)6/h8H,7,9-10H2,1-6H3/b13-12-. The molecule has 0 bridgehead atoms. The summed E-state index contributed by atoms with van der Waals surface area (Å²) in [4.78, 5) is 0. The van der Waals surface area contributed by atoms with Crippen molar-refractivity contribution >= 4 is 19.7 Å². The van der Waals surface area contributed by atoms with E-state index in [1.165, 1.54) is 16.3 Å². The molecular formula is C13H25ClSi. The van der Waals surface area contributed by atoms with Crippen molar-refractivity contribution in [2.75, 3.05) is 5.88 Å². The maximum atomic E-state index is 6.05. The number of halogens is 1. The van der Waals surface area contributed by atoms with Crippen molar-refractivity contribution in [3.63, 3.8) is 0 Å². The van der Waals surface area contributed by atoms with Gasteiger partial charge in [-0.15, -0.1) is 11.6 Å². The molecule has 0 aliphatic rings. The molecule has 0 spiro atoms. The first-order valence-corrected chi connectivity index (χ1v) is 9.71. The molecule has 0 atom stereocenters. The van der Waals surface area contributed by atoms with Crippen LogP contribution in [0.2, 0.25) is 19.6 Å². The van der Waals surface area contributed by atoms with E-state index in [9.17, 15) is 0 Å². The van der Waals surface area contributed by atoms with Gasteiger partial charge in [-0.1, -0.05) is 42.1 Å². The molecule has 0 aliphatic carbocycles. The van der Waals surface area contributed by atoms with E-state index in [1.54, 1.807) is 0 Å². The summed E-state index contributed by atoms with van der Waals surface area (Å²) in [5.41, 5.74) is 2.92. The Morgan fingerprint density at radius 1 is 1.13 bits per heavy atom. The number of rotatable bonds is 5. The van der Waals surface area contributed by atoms with Gasteiger partial charge in [0.05, 0.1) is 8.07 Å². The van der Waals surface area contributed by atoms with Crippen molar-refractivity contribution in [1.82, 2.24) is 0 Å². The molecule has 0 radical (unpaired) electrons. The second-order valence-corrected chi connectivity index (χ2v) is 10.8. The zero-order valence-corrected chi connectivity index (χ0v) is 12.8. The van der Waals surface area contributed by atoms with Crippen molar-refractivity contribution in [2.45, 2.75) is 53.3 Å². The highest BCUT2D eigenvalue weighted by molar-refractivity contribution is 6.84. The average molecular weight is 245 g/mol. The Bertz CT molecular complexity index is 252. The predicted molar refractivity (Wildman–Crippen MR) is 75.4 cm³/mol. The van der Waals surface area contributed by atoms with Crippen molar-refractivity contribution in [3.8, 4) is 0 Å². The van der Waals surface area contributed by atoms with Crippen LogP contribution >= 0.6 is 11.6 Å². The Morgan fingerprint density at radius 2 is 1.67 bits per heavy atom. The molecular weight excluding hydrogens is 220 g/mol. The Labute approximate surface area is 101 Å². The van der Waals surface area contributed by atoms with Crippen LogP contribution in [0.5, 0.6) is 0 Å². The van der Waals surface area contributed by atoms with Crippen LogP contribution in [0.15, 0.2) is 22.4 Å². The summed E-state index contributed by atoms with van der Waals surface area (Å²) >= 11 is 6.05. The maximum Gasteiger partial charge on any atom is 0.0739 e. The molecule has 0 saturated heterocycles. The lowest BCUT2D eigenvalue weighted by molar-refractivity contribution is 0.957. The Kier molecular flexibility index (Phi) is 6.54. The van der Waals surface area contributed by atoms with Crippen molar-refractivity contribution in [1.29, 1.82) is 0 Å². The lowest BCUT2D eigenvalue weighted by Crippen LogP contribution is -2.26. The number of allylic oxidation sites excluding steroid dienone is 4. The molecule has 0 heterocycles. The summed E-state index contributed by atoms with van der Waals surface area (Å²) in [5, 5.41) is 1.53. The van der Waals surface area contributed by atoms with E-state index in [2.05, 4.69) is 46.5 Å². The van der Waals surface area contributed by atoms with E-state index in [0.29, 0.717) is 0 Å². The highest BCUT2D eigenvalue weighted by Crippen LogP contribution is 2.22. The van der Waals surface area contributed by atoms with E-state index in [1.807, 2.05) is 0 Å². The van der Waals surface area contributed by atoms with E-state index in [0.717, 1.165) is 18.7 Å². The van der Waals surface area contributed by atoms with Crippen LogP contribution in [0.3, 0.4) is 0 Å². The largest absolute Gasteiger partial charge is 0.122 e. The average Bonchev–Trinajstić information content (AvgIpc) is 2.01. The van der Waals surface area contributed by atoms with E-state index >= 15 is 0 Å². The zero-order chi connectivity index (χ0) is 12.1. The van der Waals surface area contributed by atoms with Gasteiger partial charge < -0.3 is 0 Å². The van der Waals surface area contributed by atoms with Gasteiger partial charge in [0.1, 0.15) is 0 Å². The minimum atomic E-state index is -1.20. The van der Waals surface area contributed by atoms with Crippen molar-refractivity contribution < 1.29 is 0 Å². The molecule has 0 rings (SSSR count). The third-order valence-corrected chi connectivity index (χ3v) is 5.53. The Hall–Kier alpha value is -0.0131. The minimum Gasteiger partial charge on any atom is -0.122 e. The normalized spacial score (nSPS) is 13.5. The van der Waals surface area contributed by atoms with Gasteiger partial charge >= 0.3 is 0 Å². The second-order valence-electron chi connectivity index (χ2n) is 5.46. The van der Waals surface area contributed by atoms with Gasteiger partial charge in [-0.05, 0) is 33.6 Å². The van der Waals surface area contributed by atoms with Gasteiger partial charge in [-0.25, -0.2) is 0 Å². The molecule has 0 N–H and O–H groups in total. The van der Waals surface area contributed by atoms with Crippen LogP contribution in [-0.2, 0) is 0 Å². The zero-order valence-electron chi connectivity index (χ0n) is 11.1. The smallest absolute Gasteiger partial charge is 0.0739 e. The van der Waals surface area contributed by atoms with E-state index in [-0.39, 0.29) is 0 Å². The van der Waals surface area contributed by atoms with Crippen LogP contribution < -0.4 is 0 Å². The molecule has 15 heavy (non-hydrogen) atoms. The van der Waals surface area contributed by atoms with Crippen molar-refractivity contribution in [2.24, 2.45) is 0 Å². The minimum absolute atomic E-state index is 0.719. The molecule has 0 unspecified atom stereocenters. The first-order chi connectivity index (χ1) is 6.79. The van der Waals surface area contributed by atoms with Crippen LogP contribution in [0, 0.1) is 0 Å². The summed E-state index contributed by atoms with van der Waals surface area (Å²) < 4.78 is 0. The fourth-order valence-corrected chi connectivity index (χ4v) is 4.92.